The van der Waals surface area contributed by atoms with Gasteiger partial charge in [0.25, 0.3) is 0 Å². The van der Waals surface area contributed by atoms with Crippen molar-refractivity contribution in [2.24, 2.45) is 0 Å². The summed E-state index contributed by atoms with van der Waals surface area (Å²) in [5.41, 5.74) is 12.7. The first-order valence-electron chi connectivity index (χ1n) is 20.7. The van der Waals surface area contributed by atoms with Crippen LogP contribution in [0.3, 0.4) is 0 Å². The second-order valence-electron chi connectivity index (χ2n) is 15.5. The zero-order valence-electron chi connectivity index (χ0n) is 33.4. The molecule has 0 aliphatic rings. The molecular weight excluding hydrogens is 759 g/mol. The zero-order valence-corrected chi connectivity index (χ0v) is 33.4. The normalized spacial score (nSPS) is 11.5. The number of aromatic nitrogens is 5. The lowest BCUT2D eigenvalue weighted by atomic mass is 9.93. The Bertz CT molecular complexity index is 3500. The van der Waals surface area contributed by atoms with E-state index in [0.717, 1.165) is 93.8 Å². The van der Waals surface area contributed by atoms with Crippen LogP contribution in [-0.2, 0) is 0 Å². The molecule has 4 aromatic heterocycles. The van der Waals surface area contributed by atoms with Gasteiger partial charge in [-0.05, 0) is 76.3 Å². The molecule has 62 heavy (non-hydrogen) atoms. The molecule has 0 spiro atoms. The molecule has 0 atom stereocenters. The third kappa shape index (κ3) is 6.04. The van der Waals surface area contributed by atoms with E-state index in [0.29, 0.717) is 23.3 Å². The van der Waals surface area contributed by atoms with Gasteiger partial charge in [-0.2, -0.15) is 0 Å². The van der Waals surface area contributed by atoms with Crippen LogP contribution in [0.25, 0.3) is 117 Å². The summed E-state index contributed by atoms with van der Waals surface area (Å²) in [6, 6.07) is 71.3. The molecule has 0 radical (unpaired) electrons. The maximum Gasteiger partial charge on any atom is 0.167 e. The summed E-state index contributed by atoms with van der Waals surface area (Å²) in [5.74, 6) is 2.37. The smallest absolute Gasteiger partial charge is 0.167 e. The van der Waals surface area contributed by atoms with E-state index in [1.165, 1.54) is 0 Å². The molecule has 0 aliphatic heterocycles. The van der Waals surface area contributed by atoms with Crippen molar-refractivity contribution in [1.82, 2.24) is 24.5 Å². The first-order chi connectivity index (χ1) is 30.7. The minimum atomic E-state index is 0.514. The van der Waals surface area contributed by atoms with Crippen LogP contribution in [0.5, 0.6) is 0 Å². The van der Waals surface area contributed by atoms with E-state index in [-0.39, 0.29) is 0 Å². The Morgan fingerprint density at radius 1 is 0.355 bits per heavy atom. The molecule has 4 heterocycles. The summed E-state index contributed by atoms with van der Waals surface area (Å²) in [4.78, 5) is 21.2. The molecule has 6 heteroatoms. The number of benzene rings is 8. The lowest BCUT2D eigenvalue weighted by molar-refractivity contribution is 0.669. The lowest BCUT2D eigenvalue weighted by Gasteiger charge is -2.16. The molecule has 0 bridgehead atoms. The first-order valence-corrected chi connectivity index (χ1v) is 20.7. The van der Waals surface area contributed by atoms with E-state index in [2.05, 4.69) is 138 Å². The average molecular weight is 794 g/mol. The Labute approximate surface area is 357 Å². The highest BCUT2D eigenvalue weighted by atomic mass is 16.3. The van der Waals surface area contributed by atoms with E-state index in [4.69, 9.17) is 24.4 Å². The van der Waals surface area contributed by atoms with Crippen LogP contribution in [0, 0.1) is 0 Å². The zero-order chi connectivity index (χ0) is 41.0. The number of pyridine rings is 1. The summed E-state index contributed by atoms with van der Waals surface area (Å²) in [5, 5.41) is 4.28. The largest absolute Gasteiger partial charge is 0.456 e. The second-order valence-corrected chi connectivity index (χ2v) is 15.5. The van der Waals surface area contributed by atoms with Gasteiger partial charge >= 0.3 is 0 Å². The van der Waals surface area contributed by atoms with Crippen LogP contribution >= 0.6 is 0 Å². The molecule has 12 aromatic rings. The quantitative estimate of drug-likeness (QED) is 0.161. The fourth-order valence-electron chi connectivity index (χ4n) is 8.76. The summed E-state index contributed by atoms with van der Waals surface area (Å²) in [7, 11) is 0. The third-order valence-corrected chi connectivity index (χ3v) is 11.7. The van der Waals surface area contributed by atoms with Crippen molar-refractivity contribution in [3.05, 3.63) is 212 Å². The highest BCUT2D eigenvalue weighted by molar-refractivity contribution is 6.24. The fraction of sp³-hybridized carbons (Fsp3) is 0. The van der Waals surface area contributed by atoms with Gasteiger partial charge in [0, 0.05) is 39.0 Å². The van der Waals surface area contributed by atoms with Gasteiger partial charge in [0.2, 0.25) is 0 Å². The van der Waals surface area contributed by atoms with Crippen molar-refractivity contribution in [3.63, 3.8) is 0 Å². The van der Waals surface area contributed by atoms with Crippen LogP contribution in [0.2, 0.25) is 0 Å². The number of nitrogens with zero attached hydrogens (tertiary/aromatic N) is 5. The molecule has 0 unspecified atom stereocenters. The third-order valence-electron chi connectivity index (χ3n) is 11.7. The molecule has 0 saturated carbocycles. The molecular formula is C56H35N5O. The predicted octanol–water partition coefficient (Wildman–Crippen LogP) is 14.3. The van der Waals surface area contributed by atoms with Gasteiger partial charge in [0.1, 0.15) is 17.0 Å². The van der Waals surface area contributed by atoms with Crippen molar-refractivity contribution in [1.29, 1.82) is 0 Å². The number of para-hydroxylation sites is 2. The summed E-state index contributed by atoms with van der Waals surface area (Å²) in [6.07, 6.45) is 1.99. The van der Waals surface area contributed by atoms with Gasteiger partial charge in [-0.15, -0.1) is 0 Å². The van der Waals surface area contributed by atoms with Crippen molar-refractivity contribution >= 4 is 43.7 Å². The predicted molar refractivity (Wildman–Crippen MR) is 252 cm³/mol. The minimum Gasteiger partial charge on any atom is -0.456 e. The van der Waals surface area contributed by atoms with Crippen molar-refractivity contribution in [2.45, 2.75) is 0 Å². The van der Waals surface area contributed by atoms with Crippen molar-refractivity contribution in [3.8, 4) is 73.4 Å². The molecule has 0 N–H and O–H groups in total. The van der Waals surface area contributed by atoms with Crippen LogP contribution in [-0.4, -0.2) is 24.5 Å². The number of rotatable bonds is 7. The van der Waals surface area contributed by atoms with Gasteiger partial charge in [-0.1, -0.05) is 158 Å². The lowest BCUT2D eigenvalue weighted by Crippen LogP contribution is -2.06. The summed E-state index contributed by atoms with van der Waals surface area (Å²) < 4.78 is 8.77. The molecule has 0 saturated heterocycles. The van der Waals surface area contributed by atoms with Gasteiger partial charge in [0.15, 0.2) is 17.5 Å². The standard InChI is InChI=1S/C56H35N5O/c1-5-17-36(18-6-1)40-31-41(37-19-7-2-8-20-37)33-42(32-40)43-34-47(55-59-53(38-21-9-3-10-22-38)58-54(60-55)39-23-11-4-12-24-39)56(57-35-43)61-48-27-15-13-25-44(48)45-29-30-50-51(52(45)61)46-26-14-16-28-49(46)62-50/h1-35H. The van der Waals surface area contributed by atoms with E-state index >= 15 is 0 Å². The van der Waals surface area contributed by atoms with E-state index < -0.39 is 0 Å². The van der Waals surface area contributed by atoms with E-state index in [1.807, 2.05) is 79.0 Å². The van der Waals surface area contributed by atoms with Crippen LogP contribution in [0.1, 0.15) is 0 Å². The van der Waals surface area contributed by atoms with E-state index in [9.17, 15) is 0 Å². The summed E-state index contributed by atoms with van der Waals surface area (Å²) >= 11 is 0. The Balaban J connectivity index is 1.19. The number of hydrogen-bond acceptors (Lipinski definition) is 5. The number of fused-ring (bicyclic) bond motifs is 7. The Kier molecular flexibility index (Phi) is 8.38. The van der Waals surface area contributed by atoms with Crippen molar-refractivity contribution in [2.75, 3.05) is 0 Å². The molecule has 6 nitrogen and oxygen atoms in total. The Morgan fingerprint density at radius 2 is 0.855 bits per heavy atom. The number of hydrogen-bond donors (Lipinski definition) is 0. The minimum absolute atomic E-state index is 0.514. The Hall–Kier alpha value is -8.48. The SMILES string of the molecule is c1ccc(-c2cc(-c3ccccc3)cc(-c3cnc(-n4c5ccccc5c5ccc6oc7ccccc7c6c54)c(-c4nc(-c5ccccc5)nc(-c5ccccc5)n4)c3)c2)cc1. The average Bonchev–Trinajstić information content (AvgIpc) is 3.90. The monoisotopic (exact) mass is 793 g/mol. The molecule has 0 amide bonds. The van der Waals surface area contributed by atoms with Crippen molar-refractivity contribution < 1.29 is 4.42 Å². The highest BCUT2D eigenvalue weighted by Gasteiger charge is 2.24. The topological polar surface area (TPSA) is 69.6 Å². The van der Waals surface area contributed by atoms with Crippen LogP contribution in [0.4, 0.5) is 0 Å². The first kappa shape index (κ1) is 35.5. The van der Waals surface area contributed by atoms with Gasteiger partial charge in [-0.3, -0.25) is 4.57 Å². The van der Waals surface area contributed by atoms with Crippen LogP contribution < -0.4 is 0 Å². The molecule has 0 aliphatic carbocycles. The maximum atomic E-state index is 6.50. The highest BCUT2D eigenvalue weighted by Crippen LogP contribution is 2.43. The number of furan rings is 1. The van der Waals surface area contributed by atoms with E-state index in [1.54, 1.807) is 0 Å². The molecule has 0 fully saturated rings. The van der Waals surface area contributed by atoms with Crippen LogP contribution in [0.15, 0.2) is 217 Å². The van der Waals surface area contributed by atoms with Gasteiger partial charge in [-0.25, -0.2) is 19.9 Å². The molecule has 290 valence electrons. The van der Waals surface area contributed by atoms with Gasteiger partial charge in [0.05, 0.1) is 22.0 Å². The second kappa shape index (κ2) is 14.7. The molecule has 8 aromatic carbocycles. The summed E-state index contributed by atoms with van der Waals surface area (Å²) in [6.45, 7) is 0. The Morgan fingerprint density at radius 3 is 1.47 bits per heavy atom. The fourth-order valence-corrected chi connectivity index (χ4v) is 8.76. The maximum absolute atomic E-state index is 6.50. The van der Waals surface area contributed by atoms with Gasteiger partial charge < -0.3 is 4.42 Å². The molecule has 12 rings (SSSR count).